The van der Waals surface area contributed by atoms with Gasteiger partial charge in [-0.3, -0.25) is 0 Å². The first-order valence-corrected chi connectivity index (χ1v) is 6.42. The lowest BCUT2D eigenvalue weighted by molar-refractivity contribution is 0.400. The predicted molar refractivity (Wildman–Crippen MR) is 71.6 cm³/mol. The van der Waals surface area contributed by atoms with Crippen LogP contribution >= 0.6 is 15.9 Å². The van der Waals surface area contributed by atoms with Gasteiger partial charge in [-0.05, 0) is 22.0 Å². The summed E-state index contributed by atoms with van der Waals surface area (Å²) in [6.07, 6.45) is 0.340. The van der Waals surface area contributed by atoms with Crippen molar-refractivity contribution in [3.63, 3.8) is 0 Å². The zero-order valence-electron chi connectivity index (χ0n) is 10.4. The molecule has 0 aliphatic carbocycles. The third-order valence-electron chi connectivity index (χ3n) is 2.60. The Labute approximate surface area is 124 Å². The smallest absolute Gasteiger partial charge is 0.327 e. The van der Waals surface area contributed by atoms with Gasteiger partial charge in [-0.25, -0.2) is 23.4 Å². The van der Waals surface area contributed by atoms with E-state index in [4.69, 9.17) is 5.73 Å². The fourth-order valence-electron chi connectivity index (χ4n) is 1.56. The summed E-state index contributed by atoms with van der Waals surface area (Å²) in [5.74, 6) is -1.02. The normalized spacial score (nSPS) is 10.7. The van der Waals surface area contributed by atoms with Gasteiger partial charge in [0.15, 0.2) is 11.6 Å². The minimum absolute atomic E-state index is 0.270. The standard InChI is InChI=1S/C11H9BrF3N5O/c12-7-1-8(13)10(17-3-7)19-5-18-20(11(19)21)4-6(2-16)9(14)15/h1,3,5H,2,4,16H2. The molecule has 0 bridgehead atoms. The summed E-state index contributed by atoms with van der Waals surface area (Å²) >= 11 is 3.04. The molecule has 0 amide bonds. The molecule has 0 atom stereocenters. The maximum absolute atomic E-state index is 13.7. The molecule has 2 aromatic heterocycles. The number of halogens is 4. The summed E-state index contributed by atoms with van der Waals surface area (Å²) in [6, 6.07) is 1.12. The minimum atomic E-state index is -1.97. The molecule has 2 rings (SSSR count). The minimum Gasteiger partial charge on any atom is -0.327 e. The largest absolute Gasteiger partial charge is 0.351 e. The molecule has 21 heavy (non-hydrogen) atoms. The monoisotopic (exact) mass is 363 g/mol. The zero-order valence-corrected chi connectivity index (χ0v) is 12.0. The van der Waals surface area contributed by atoms with Gasteiger partial charge >= 0.3 is 5.69 Å². The van der Waals surface area contributed by atoms with Crippen LogP contribution in [0.5, 0.6) is 0 Å². The maximum Gasteiger partial charge on any atom is 0.351 e. The van der Waals surface area contributed by atoms with Crippen molar-refractivity contribution in [3.8, 4) is 5.82 Å². The summed E-state index contributed by atoms with van der Waals surface area (Å²) < 4.78 is 40.8. The average molecular weight is 364 g/mol. The van der Waals surface area contributed by atoms with Crippen LogP contribution in [0.15, 0.2) is 39.5 Å². The molecule has 0 aliphatic rings. The molecular weight excluding hydrogens is 355 g/mol. The van der Waals surface area contributed by atoms with Gasteiger partial charge in [0.25, 0.3) is 6.08 Å². The second-order valence-electron chi connectivity index (χ2n) is 3.97. The van der Waals surface area contributed by atoms with E-state index in [9.17, 15) is 18.0 Å². The Bertz CT molecular complexity index is 751. The van der Waals surface area contributed by atoms with E-state index in [2.05, 4.69) is 26.0 Å². The first kappa shape index (κ1) is 15.4. The fourth-order valence-corrected chi connectivity index (χ4v) is 1.86. The average Bonchev–Trinajstić information content (AvgIpc) is 2.77. The molecule has 2 heterocycles. The number of nitrogens with two attached hydrogens (primary N) is 1. The van der Waals surface area contributed by atoms with Gasteiger partial charge in [0, 0.05) is 22.8 Å². The number of hydrogen-bond donors (Lipinski definition) is 1. The summed E-state index contributed by atoms with van der Waals surface area (Å²) in [4.78, 5) is 15.8. The molecular formula is C11H9BrF3N5O. The Balaban J connectivity index is 2.42. The maximum atomic E-state index is 13.7. The van der Waals surface area contributed by atoms with Crippen molar-refractivity contribution >= 4 is 15.9 Å². The lowest BCUT2D eigenvalue weighted by atomic mass is 10.3. The van der Waals surface area contributed by atoms with Gasteiger partial charge in [0.2, 0.25) is 0 Å². The van der Waals surface area contributed by atoms with Crippen LogP contribution < -0.4 is 11.4 Å². The molecule has 0 saturated carbocycles. The van der Waals surface area contributed by atoms with E-state index in [1.54, 1.807) is 0 Å². The van der Waals surface area contributed by atoms with E-state index in [1.165, 1.54) is 6.20 Å². The summed E-state index contributed by atoms with van der Waals surface area (Å²) in [6.45, 7) is -0.880. The lowest BCUT2D eigenvalue weighted by Gasteiger charge is -2.03. The number of aromatic nitrogens is 4. The van der Waals surface area contributed by atoms with Gasteiger partial charge < -0.3 is 5.73 Å². The van der Waals surface area contributed by atoms with E-state index in [1.807, 2.05) is 0 Å². The van der Waals surface area contributed by atoms with Crippen LogP contribution in [0.4, 0.5) is 13.2 Å². The van der Waals surface area contributed by atoms with Gasteiger partial charge in [-0.2, -0.15) is 13.9 Å². The molecule has 0 unspecified atom stereocenters. The molecule has 2 aromatic rings. The van der Waals surface area contributed by atoms with Gasteiger partial charge in [0.05, 0.1) is 6.54 Å². The molecule has 6 nitrogen and oxygen atoms in total. The second kappa shape index (κ2) is 6.22. The highest BCUT2D eigenvalue weighted by Gasteiger charge is 2.14. The Morgan fingerprint density at radius 3 is 2.71 bits per heavy atom. The van der Waals surface area contributed by atoms with Crippen LogP contribution in [0.1, 0.15) is 0 Å². The lowest BCUT2D eigenvalue weighted by Crippen LogP contribution is -2.27. The molecule has 0 saturated heterocycles. The molecule has 112 valence electrons. The van der Waals surface area contributed by atoms with Gasteiger partial charge in [0.1, 0.15) is 6.33 Å². The van der Waals surface area contributed by atoms with Crippen molar-refractivity contribution < 1.29 is 13.2 Å². The number of nitrogens with zero attached hydrogens (tertiary/aromatic N) is 4. The first-order valence-electron chi connectivity index (χ1n) is 5.63. The van der Waals surface area contributed by atoms with Crippen molar-refractivity contribution in [1.29, 1.82) is 0 Å². The fraction of sp³-hybridized carbons (Fsp3) is 0.182. The van der Waals surface area contributed by atoms with E-state index < -0.39 is 36.3 Å². The van der Waals surface area contributed by atoms with Crippen LogP contribution in [0, 0.1) is 5.82 Å². The molecule has 0 spiro atoms. The van der Waals surface area contributed by atoms with Crippen molar-refractivity contribution in [2.24, 2.45) is 5.73 Å². The zero-order chi connectivity index (χ0) is 15.6. The highest BCUT2D eigenvalue weighted by molar-refractivity contribution is 9.10. The van der Waals surface area contributed by atoms with E-state index in [0.29, 0.717) is 4.47 Å². The Kier molecular flexibility index (Phi) is 4.58. The van der Waals surface area contributed by atoms with Gasteiger partial charge in [-0.1, -0.05) is 0 Å². The molecule has 10 heteroatoms. The van der Waals surface area contributed by atoms with E-state index in [0.717, 1.165) is 21.6 Å². The molecule has 2 N–H and O–H groups in total. The quantitative estimate of drug-likeness (QED) is 0.891. The highest BCUT2D eigenvalue weighted by atomic mass is 79.9. The highest BCUT2D eigenvalue weighted by Crippen LogP contribution is 2.14. The predicted octanol–water partition coefficient (Wildman–Crippen LogP) is 1.44. The van der Waals surface area contributed by atoms with Crippen LogP contribution in [0.25, 0.3) is 5.82 Å². The Morgan fingerprint density at radius 2 is 2.14 bits per heavy atom. The third kappa shape index (κ3) is 3.22. The SMILES string of the molecule is NCC(Cn1ncn(-c2ncc(Br)cc2F)c1=O)=C(F)F. The Morgan fingerprint density at radius 1 is 1.43 bits per heavy atom. The van der Waals surface area contributed by atoms with Crippen molar-refractivity contribution in [2.45, 2.75) is 6.54 Å². The van der Waals surface area contributed by atoms with Gasteiger partial charge in [-0.15, -0.1) is 0 Å². The number of pyridine rings is 1. The van der Waals surface area contributed by atoms with Crippen LogP contribution in [0.3, 0.4) is 0 Å². The second-order valence-corrected chi connectivity index (χ2v) is 4.88. The van der Waals surface area contributed by atoms with E-state index >= 15 is 0 Å². The molecule has 0 aliphatic heterocycles. The number of hydrogen-bond acceptors (Lipinski definition) is 4. The number of rotatable bonds is 4. The van der Waals surface area contributed by atoms with Crippen LogP contribution in [-0.2, 0) is 6.54 Å². The summed E-state index contributed by atoms with van der Waals surface area (Å²) in [5.41, 5.74) is 3.95. The summed E-state index contributed by atoms with van der Waals surface area (Å²) in [5, 5.41) is 3.65. The van der Waals surface area contributed by atoms with Crippen LogP contribution in [-0.4, -0.2) is 25.9 Å². The molecule has 0 aromatic carbocycles. The first-order chi connectivity index (χ1) is 9.93. The summed E-state index contributed by atoms with van der Waals surface area (Å²) in [7, 11) is 0. The third-order valence-corrected chi connectivity index (χ3v) is 3.04. The topological polar surface area (TPSA) is 78.7 Å². The van der Waals surface area contributed by atoms with Crippen LogP contribution in [0.2, 0.25) is 0 Å². The Hall–Kier alpha value is -1.94. The molecule has 0 fully saturated rings. The van der Waals surface area contributed by atoms with Crippen molar-refractivity contribution in [1.82, 2.24) is 19.3 Å². The molecule has 0 radical (unpaired) electrons. The van der Waals surface area contributed by atoms with E-state index in [-0.39, 0.29) is 5.82 Å². The van der Waals surface area contributed by atoms with Crippen molar-refractivity contribution in [3.05, 3.63) is 51.0 Å². The van der Waals surface area contributed by atoms with Crippen molar-refractivity contribution in [2.75, 3.05) is 6.54 Å².